The SMILES string of the molecule is CCN(CC)c1ccc(NC(=O)c2c(-c3cccc(F)c3)noc2C)c(C)c1. The first-order valence-corrected chi connectivity index (χ1v) is 9.33. The topological polar surface area (TPSA) is 58.4 Å². The Kier molecular flexibility index (Phi) is 5.78. The average molecular weight is 381 g/mol. The highest BCUT2D eigenvalue weighted by atomic mass is 19.1. The van der Waals surface area contributed by atoms with E-state index >= 15 is 0 Å². The zero-order chi connectivity index (χ0) is 20.3. The highest BCUT2D eigenvalue weighted by molar-refractivity contribution is 6.09. The summed E-state index contributed by atoms with van der Waals surface area (Å²) in [5.74, 6) is -0.349. The van der Waals surface area contributed by atoms with Gasteiger partial charge in [-0.25, -0.2) is 4.39 Å². The van der Waals surface area contributed by atoms with E-state index in [-0.39, 0.29) is 5.91 Å². The van der Waals surface area contributed by atoms with Crippen LogP contribution in [0.1, 0.15) is 35.5 Å². The van der Waals surface area contributed by atoms with Crippen LogP contribution >= 0.6 is 0 Å². The Morgan fingerprint density at radius 3 is 2.54 bits per heavy atom. The maximum absolute atomic E-state index is 13.6. The average Bonchev–Trinajstić information content (AvgIpc) is 3.06. The second-order valence-electron chi connectivity index (χ2n) is 6.60. The van der Waals surface area contributed by atoms with Crippen molar-refractivity contribution in [3.8, 4) is 11.3 Å². The molecule has 0 aliphatic heterocycles. The fraction of sp³-hybridized carbons (Fsp3) is 0.273. The van der Waals surface area contributed by atoms with Crippen molar-refractivity contribution in [2.45, 2.75) is 27.7 Å². The summed E-state index contributed by atoms with van der Waals surface area (Å²) in [5, 5.41) is 6.89. The minimum atomic E-state index is -0.396. The normalized spacial score (nSPS) is 10.8. The minimum absolute atomic E-state index is 0.304. The van der Waals surface area contributed by atoms with Gasteiger partial charge in [-0.2, -0.15) is 0 Å². The maximum atomic E-state index is 13.6. The molecule has 28 heavy (non-hydrogen) atoms. The van der Waals surface area contributed by atoms with Crippen molar-refractivity contribution in [1.29, 1.82) is 0 Å². The zero-order valence-electron chi connectivity index (χ0n) is 16.5. The van der Waals surface area contributed by atoms with Gasteiger partial charge in [-0.3, -0.25) is 4.79 Å². The van der Waals surface area contributed by atoms with E-state index in [1.54, 1.807) is 19.1 Å². The van der Waals surface area contributed by atoms with Crippen LogP contribution < -0.4 is 10.2 Å². The van der Waals surface area contributed by atoms with E-state index in [1.807, 2.05) is 19.1 Å². The zero-order valence-corrected chi connectivity index (χ0v) is 16.5. The Morgan fingerprint density at radius 1 is 1.14 bits per heavy atom. The van der Waals surface area contributed by atoms with Crippen LogP contribution in [-0.4, -0.2) is 24.2 Å². The second-order valence-corrected chi connectivity index (χ2v) is 6.60. The Morgan fingerprint density at radius 2 is 1.89 bits per heavy atom. The van der Waals surface area contributed by atoms with Gasteiger partial charge in [0.25, 0.3) is 5.91 Å². The molecule has 0 bridgehead atoms. The van der Waals surface area contributed by atoms with Crippen molar-refractivity contribution in [2.75, 3.05) is 23.3 Å². The first kappa shape index (κ1) is 19.6. The quantitative estimate of drug-likeness (QED) is 0.638. The predicted octanol–water partition coefficient (Wildman–Crippen LogP) is 5.20. The molecule has 146 valence electrons. The summed E-state index contributed by atoms with van der Waals surface area (Å²) in [7, 11) is 0. The monoisotopic (exact) mass is 381 g/mol. The van der Waals surface area contributed by atoms with Gasteiger partial charge in [0.1, 0.15) is 22.8 Å². The number of hydrogen-bond donors (Lipinski definition) is 1. The molecule has 1 amide bonds. The highest BCUT2D eigenvalue weighted by Crippen LogP contribution is 2.28. The third-order valence-corrected chi connectivity index (χ3v) is 4.77. The number of aryl methyl sites for hydroxylation is 2. The van der Waals surface area contributed by atoms with Crippen LogP contribution in [0.3, 0.4) is 0 Å². The highest BCUT2D eigenvalue weighted by Gasteiger charge is 2.22. The molecule has 2 aromatic carbocycles. The number of nitrogens with zero attached hydrogens (tertiary/aromatic N) is 2. The summed E-state index contributed by atoms with van der Waals surface area (Å²) in [6, 6.07) is 11.9. The number of aromatic nitrogens is 1. The van der Waals surface area contributed by atoms with Crippen molar-refractivity contribution in [3.05, 3.63) is 65.2 Å². The Balaban J connectivity index is 1.89. The molecule has 1 heterocycles. The van der Waals surface area contributed by atoms with Crippen molar-refractivity contribution < 1.29 is 13.7 Å². The fourth-order valence-corrected chi connectivity index (χ4v) is 3.23. The van der Waals surface area contributed by atoms with Crippen LogP contribution in [0.15, 0.2) is 47.0 Å². The Labute approximate surface area is 164 Å². The van der Waals surface area contributed by atoms with E-state index in [9.17, 15) is 9.18 Å². The maximum Gasteiger partial charge on any atom is 0.261 e. The molecule has 0 radical (unpaired) electrons. The largest absolute Gasteiger partial charge is 0.372 e. The van der Waals surface area contributed by atoms with Crippen LogP contribution in [0.2, 0.25) is 0 Å². The summed E-state index contributed by atoms with van der Waals surface area (Å²) in [6.07, 6.45) is 0. The van der Waals surface area contributed by atoms with Gasteiger partial charge in [0.15, 0.2) is 0 Å². The number of nitrogens with one attached hydrogen (secondary N) is 1. The molecular formula is C22H24FN3O2. The van der Waals surface area contributed by atoms with Crippen molar-refractivity contribution >= 4 is 17.3 Å². The van der Waals surface area contributed by atoms with E-state index in [0.29, 0.717) is 28.3 Å². The number of benzene rings is 2. The summed E-state index contributed by atoms with van der Waals surface area (Å²) in [5.41, 5.74) is 3.91. The lowest BCUT2D eigenvalue weighted by Gasteiger charge is -2.22. The van der Waals surface area contributed by atoms with Crippen LogP contribution in [0.5, 0.6) is 0 Å². The molecule has 6 heteroatoms. The van der Waals surface area contributed by atoms with E-state index in [0.717, 1.165) is 24.3 Å². The van der Waals surface area contributed by atoms with Gasteiger partial charge in [0, 0.05) is 30.0 Å². The summed E-state index contributed by atoms with van der Waals surface area (Å²) in [6.45, 7) is 9.67. The molecule has 0 aliphatic carbocycles. The smallest absolute Gasteiger partial charge is 0.261 e. The summed E-state index contributed by atoms with van der Waals surface area (Å²) < 4.78 is 18.8. The van der Waals surface area contributed by atoms with E-state index in [2.05, 4.69) is 35.3 Å². The van der Waals surface area contributed by atoms with E-state index < -0.39 is 5.82 Å². The number of halogens is 1. The number of carbonyl (C=O) groups excluding carboxylic acids is 1. The molecule has 0 saturated carbocycles. The van der Waals surface area contributed by atoms with Crippen molar-refractivity contribution in [2.24, 2.45) is 0 Å². The molecule has 3 rings (SSSR count). The molecule has 1 N–H and O–H groups in total. The molecule has 3 aromatic rings. The Bertz CT molecular complexity index is 993. The summed E-state index contributed by atoms with van der Waals surface area (Å²) >= 11 is 0. The molecule has 0 aliphatic rings. The lowest BCUT2D eigenvalue weighted by Crippen LogP contribution is -2.22. The van der Waals surface area contributed by atoms with E-state index in [4.69, 9.17) is 4.52 Å². The third-order valence-electron chi connectivity index (χ3n) is 4.77. The first-order chi connectivity index (χ1) is 13.4. The third kappa shape index (κ3) is 3.91. The standard InChI is InChI=1S/C22H24FN3O2/c1-5-26(6-2)18-10-11-19(14(3)12-18)24-22(27)20-15(4)28-25-21(20)16-8-7-9-17(23)13-16/h7-13H,5-6H2,1-4H3,(H,24,27). The molecule has 0 saturated heterocycles. The van der Waals surface area contributed by atoms with E-state index in [1.165, 1.54) is 12.1 Å². The molecule has 0 spiro atoms. The lowest BCUT2D eigenvalue weighted by molar-refractivity contribution is 0.102. The van der Waals surface area contributed by atoms with Crippen LogP contribution in [-0.2, 0) is 0 Å². The lowest BCUT2D eigenvalue weighted by atomic mass is 10.0. The first-order valence-electron chi connectivity index (χ1n) is 9.33. The molecule has 5 nitrogen and oxygen atoms in total. The van der Waals surface area contributed by atoms with Gasteiger partial charge in [-0.1, -0.05) is 17.3 Å². The van der Waals surface area contributed by atoms with Crippen LogP contribution in [0.25, 0.3) is 11.3 Å². The second kappa shape index (κ2) is 8.25. The van der Waals surface area contributed by atoms with Gasteiger partial charge in [-0.05, 0) is 63.6 Å². The van der Waals surface area contributed by atoms with Crippen LogP contribution in [0, 0.1) is 19.7 Å². The van der Waals surface area contributed by atoms with Crippen molar-refractivity contribution in [1.82, 2.24) is 5.16 Å². The van der Waals surface area contributed by atoms with Gasteiger partial charge < -0.3 is 14.7 Å². The predicted molar refractivity (Wildman–Crippen MR) is 109 cm³/mol. The fourth-order valence-electron chi connectivity index (χ4n) is 3.23. The number of carbonyl (C=O) groups is 1. The van der Waals surface area contributed by atoms with Crippen LogP contribution in [0.4, 0.5) is 15.8 Å². The molecule has 0 fully saturated rings. The Hall–Kier alpha value is -3.15. The van der Waals surface area contributed by atoms with Gasteiger partial charge in [0.05, 0.1) is 0 Å². The number of anilines is 2. The molecular weight excluding hydrogens is 357 g/mol. The molecule has 0 unspecified atom stereocenters. The molecule has 0 atom stereocenters. The number of amides is 1. The number of rotatable bonds is 6. The molecule has 1 aromatic heterocycles. The van der Waals surface area contributed by atoms with Gasteiger partial charge in [-0.15, -0.1) is 0 Å². The summed E-state index contributed by atoms with van der Waals surface area (Å²) in [4.78, 5) is 15.2. The van der Waals surface area contributed by atoms with Gasteiger partial charge in [0.2, 0.25) is 0 Å². The minimum Gasteiger partial charge on any atom is -0.372 e. The van der Waals surface area contributed by atoms with Gasteiger partial charge >= 0.3 is 0 Å². The number of hydrogen-bond acceptors (Lipinski definition) is 4. The van der Waals surface area contributed by atoms with Crippen molar-refractivity contribution in [3.63, 3.8) is 0 Å².